The van der Waals surface area contributed by atoms with Crippen molar-refractivity contribution in [2.45, 2.75) is 45.6 Å². The van der Waals surface area contributed by atoms with Gasteiger partial charge in [0.2, 0.25) is 5.91 Å². The number of aryl methyl sites for hydroxylation is 1. The minimum atomic E-state index is -0.0436. The zero-order chi connectivity index (χ0) is 24.0. The van der Waals surface area contributed by atoms with Crippen LogP contribution in [0.1, 0.15) is 39.0 Å². The maximum atomic E-state index is 12.8. The van der Waals surface area contributed by atoms with Gasteiger partial charge in [0, 0.05) is 24.0 Å². The van der Waals surface area contributed by atoms with E-state index in [1.165, 1.54) is 19.3 Å². The maximum Gasteiger partial charge on any atom is 0.226 e. The molecule has 5 aromatic rings. The highest BCUT2D eigenvalue weighted by Crippen LogP contribution is 2.28. The fourth-order valence-corrected chi connectivity index (χ4v) is 4.40. The van der Waals surface area contributed by atoms with Crippen LogP contribution in [0.15, 0.2) is 72.8 Å². The molecule has 0 bridgehead atoms. The second-order valence-electron chi connectivity index (χ2n) is 8.78. The van der Waals surface area contributed by atoms with Gasteiger partial charge in [-0.25, -0.2) is 9.97 Å². The van der Waals surface area contributed by atoms with Crippen LogP contribution in [0, 0.1) is 0 Å². The molecular weight excluding hydrogens is 436 g/mol. The number of carbonyl (C=O) groups is 1. The van der Waals surface area contributed by atoms with Crippen LogP contribution in [0.4, 0.5) is 5.69 Å². The molecule has 6 heteroatoms. The van der Waals surface area contributed by atoms with Crippen molar-refractivity contribution in [1.29, 1.82) is 0 Å². The Morgan fingerprint density at radius 1 is 0.886 bits per heavy atom. The number of amides is 1. The van der Waals surface area contributed by atoms with Crippen LogP contribution < -0.4 is 10.1 Å². The van der Waals surface area contributed by atoms with Gasteiger partial charge in [-0.05, 0) is 48.9 Å². The Kier molecular flexibility index (Phi) is 6.89. The van der Waals surface area contributed by atoms with E-state index in [0.717, 1.165) is 57.6 Å². The molecule has 0 spiro atoms. The summed E-state index contributed by atoms with van der Waals surface area (Å²) in [5.41, 5.74) is 5.19. The van der Waals surface area contributed by atoms with Gasteiger partial charge in [-0.1, -0.05) is 56.5 Å². The molecule has 2 heterocycles. The van der Waals surface area contributed by atoms with Crippen molar-refractivity contribution in [2.75, 3.05) is 11.9 Å². The van der Waals surface area contributed by atoms with Crippen LogP contribution in [0.5, 0.6) is 5.75 Å². The second kappa shape index (κ2) is 10.6. The number of benzene rings is 3. The first-order chi connectivity index (χ1) is 17.2. The van der Waals surface area contributed by atoms with Crippen LogP contribution in [0.3, 0.4) is 0 Å². The minimum Gasteiger partial charge on any atom is -0.494 e. The number of unbranched alkanes of at least 4 members (excludes halogenated alkanes) is 3. The Morgan fingerprint density at radius 3 is 2.43 bits per heavy atom. The molecule has 0 unspecified atom stereocenters. The second-order valence-corrected chi connectivity index (χ2v) is 8.78. The van der Waals surface area contributed by atoms with Crippen LogP contribution >= 0.6 is 0 Å². The Morgan fingerprint density at radius 2 is 1.63 bits per heavy atom. The van der Waals surface area contributed by atoms with E-state index in [1.807, 2.05) is 60.7 Å². The van der Waals surface area contributed by atoms with Gasteiger partial charge < -0.3 is 14.6 Å². The number of aromatic nitrogens is 3. The number of nitrogens with zero attached hydrogens (tertiary/aromatic N) is 3. The SMILES string of the molecule is CCCCCCOc1ccc(NC(=O)CCn2c3ccccc3c3nc4ccccc4nc32)cc1. The molecular formula is C29H30N4O2. The van der Waals surface area contributed by atoms with Gasteiger partial charge in [0.25, 0.3) is 0 Å². The lowest BCUT2D eigenvalue weighted by molar-refractivity contribution is -0.116. The van der Waals surface area contributed by atoms with E-state index in [4.69, 9.17) is 14.7 Å². The summed E-state index contributed by atoms with van der Waals surface area (Å²) >= 11 is 0. The van der Waals surface area contributed by atoms with Crippen molar-refractivity contribution in [1.82, 2.24) is 14.5 Å². The van der Waals surface area contributed by atoms with Crippen molar-refractivity contribution in [3.8, 4) is 5.75 Å². The summed E-state index contributed by atoms with van der Waals surface area (Å²) < 4.78 is 7.89. The molecule has 0 fully saturated rings. The molecule has 0 aliphatic heterocycles. The standard InChI is InChI=1S/C29H30N4O2/c1-2-3-4-9-20-35-22-16-14-21(15-17-22)30-27(34)18-19-33-26-13-8-5-10-23(26)28-29(33)32-25-12-7-6-11-24(25)31-28/h5-8,10-17H,2-4,9,18-20H2,1H3,(H,30,34). The highest BCUT2D eigenvalue weighted by atomic mass is 16.5. The predicted octanol–water partition coefficient (Wildman–Crippen LogP) is 6.73. The fraction of sp³-hybridized carbons (Fsp3) is 0.276. The Hall–Kier alpha value is -3.93. The van der Waals surface area contributed by atoms with E-state index in [-0.39, 0.29) is 5.91 Å². The summed E-state index contributed by atoms with van der Waals surface area (Å²) in [5, 5.41) is 4.05. The molecule has 0 aliphatic carbocycles. The lowest BCUT2D eigenvalue weighted by Gasteiger charge is -2.10. The highest BCUT2D eigenvalue weighted by molar-refractivity contribution is 6.06. The number of hydrogen-bond donors (Lipinski definition) is 1. The number of hydrogen-bond acceptors (Lipinski definition) is 4. The summed E-state index contributed by atoms with van der Waals surface area (Å²) in [7, 11) is 0. The molecule has 0 aliphatic rings. The van der Waals surface area contributed by atoms with Gasteiger partial charge in [0.15, 0.2) is 5.65 Å². The first-order valence-corrected chi connectivity index (χ1v) is 12.4. The summed E-state index contributed by atoms with van der Waals surface area (Å²) in [6, 6.07) is 23.6. The van der Waals surface area contributed by atoms with Crippen LogP contribution in [0.2, 0.25) is 0 Å². The molecule has 0 saturated carbocycles. The molecule has 6 nitrogen and oxygen atoms in total. The summed E-state index contributed by atoms with van der Waals surface area (Å²) in [6.45, 7) is 3.44. The lowest BCUT2D eigenvalue weighted by atomic mass is 10.2. The summed E-state index contributed by atoms with van der Waals surface area (Å²) in [5.74, 6) is 0.786. The number of rotatable bonds is 10. The lowest BCUT2D eigenvalue weighted by Crippen LogP contribution is -2.14. The maximum absolute atomic E-state index is 12.8. The van der Waals surface area contributed by atoms with E-state index < -0.39 is 0 Å². The quantitative estimate of drug-likeness (QED) is 0.232. The first-order valence-electron chi connectivity index (χ1n) is 12.4. The van der Waals surface area contributed by atoms with Crippen LogP contribution in [0.25, 0.3) is 33.1 Å². The Bertz CT molecular complexity index is 1460. The summed E-state index contributed by atoms with van der Waals surface area (Å²) in [4.78, 5) is 22.5. The van der Waals surface area contributed by atoms with E-state index in [2.05, 4.69) is 28.9 Å². The average molecular weight is 467 g/mol. The van der Waals surface area contributed by atoms with E-state index >= 15 is 0 Å². The summed E-state index contributed by atoms with van der Waals surface area (Å²) in [6.07, 6.45) is 5.05. The Labute approximate surface area is 205 Å². The molecule has 2 aromatic heterocycles. The van der Waals surface area contributed by atoms with Crippen molar-refractivity contribution in [3.05, 3.63) is 72.8 Å². The molecule has 1 amide bonds. The van der Waals surface area contributed by atoms with Gasteiger partial charge >= 0.3 is 0 Å². The molecule has 3 aromatic carbocycles. The topological polar surface area (TPSA) is 69.0 Å². The Balaban J connectivity index is 1.27. The van der Waals surface area contributed by atoms with Crippen LogP contribution in [-0.2, 0) is 11.3 Å². The smallest absolute Gasteiger partial charge is 0.226 e. The van der Waals surface area contributed by atoms with Gasteiger partial charge in [-0.15, -0.1) is 0 Å². The minimum absolute atomic E-state index is 0.0436. The number of carbonyl (C=O) groups excluding carboxylic acids is 1. The van der Waals surface area contributed by atoms with E-state index in [1.54, 1.807) is 0 Å². The third-order valence-corrected chi connectivity index (χ3v) is 6.22. The zero-order valence-electron chi connectivity index (χ0n) is 20.0. The molecule has 178 valence electrons. The zero-order valence-corrected chi connectivity index (χ0v) is 20.0. The van der Waals surface area contributed by atoms with Crippen molar-refractivity contribution >= 4 is 44.7 Å². The monoisotopic (exact) mass is 466 g/mol. The molecule has 0 saturated heterocycles. The number of para-hydroxylation sites is 3. The molecule has 1 N–H and O–H groups in total. The number of nitrogens with one attached hydrogen (secondary N) is 1. The highest BCUT2D eigenvalue weighted by Gasteiger charge is 2.15. The normalized spacial score (nSPS) is 11.3. The van der Waals surface area contributed by atoms with E-state index in [0.29, 0.717) is 13.0 Å². The van der Waals surface area contributed by atoms with Gasteiger partial charge in [0.05, 0.1) is 23.2 Å². The van der Waals surface area contributed by atoms with Crippen molar-refractivity contribution in [3.63, 3.8) is 0 Å². The van der Waals surface area contributed by atoms with Gasteiger partial charge in [0.1, 0.15) is 11.3 Å². The number of anilines is 1. The molecule has 0 radical (unpaired) electrons. The average Bonchev–Trinajstić information content (AvgIpc) is 3.19. The third kappa shape index (κ3) is 5.11. The molecule has 35 heavy (non-hydrogen) atoms. The molecule has 0 atom stereocenters. The largest absolute Gasteiger partial charge is 0.494 e. The van der Waals surface area contributed by atoms with Crippen molar-refractivity contribution in [2.24, 2.45) is 0 Å². The number of fused-ring (bicyclic) bond motifs is 4. The predicted molar refractivity (Wildman–Crippen MR) is 142 cm³/mol. The molecule has 5 rings (SSSR count). The van der Waals surface area contributed by atoms with E-state index in [9.17, 15) is 4.79 Å². The fourth-order valence-electron chi connectivity index (χ4n) is 4.40. The van der Waals surface area contributed by atoms with Gasteiger partial charge in [-0.3, -0.25) is 4.79 Å². The van der Waals surface area contributed by atoms with Crippen molar-refractivity contribution < 1.29 is 9.53 Å². The van der Waals surface area contributed by atoms with Crippen LogP contribution in [-0.4, -0.2) is 27.0 Å². The first kappa shape index (κ1) is 22.8. The third-order valence-electron chi connectivity index (χ3n) is 6.22. The van der Waals surface area contributed by atoms with Gasteiger partial charge in [-0.2, -0.15) is 0 Å². The number of ether oxygens (including phenoxy) is 1.